The third-order valence-electron chi connectivity index (χ3n) is 5.51. The van der Waals surface area contributed by atoms with Gasteiger partial charge < -0.3 is 20.1 Å². The lowest BCUT2D eigenvalue weighted by molar-refractivity contribution is -0.113. The molecular weight excluding hydrogens is 532 g/mol. The summed E-state index contributed by atoms with van der Waals surface area (Å²) in [7, 11) is 3.06. The van der Waals surface area contributed by atoms with E-state index in [1.165, 1.54) is 37.3 Å². The van der Waals surface area contributed by atoms with Crippen molar-refractivity contribution >= 4 is 52.5 Å². The molecule has 0 aliphatic carbocycles. The number of benzene rings is 3. The number of anilines is 1. The SMILES string of the molecule is COc1ccc(/C=C(\NC(=O)c2ccccc2)C(=O)Nc2cccc(SCC(=O)c3cccs3)c2)cc1OC. The predicted molar refractivity (Wildman–Crippen MR) is 156 cm³/mol. The van der Waals surface area contributed by atoms with Gasteiger partial charge in [0.1, 0.15) is 5.70 Å². The van der Waals surface area contributed by atoms with E-state index >= 15 is 0 Å². The monoisotopic (exact) mass is 558 g/mol. The fourth-order valence-electron chi connectivity index (χ4n) is 3.57. The number of carbonyl (C=O) groups excluding carboxylic acids is 3. The Morgan fingerprint density at radius 3 is 2.38 bits per heavy atom. The second kappa shape index (κ2) is 13.5. The van der Waals surface area contributed by atoms with E-state index in [9.17, 15) is 14.4 Å². The summed E-state index contributed by atoms with van der Waals surface area (Å²) >= 11 is 2.80. The zero-order chi connectivity index (χ0) is 27.6. The highest BCUT2D eigenvalue weighted by molar-refractivity contribution is 8.00. The Morgan fingerprint density at radius 1 is 0.872 bits per heavy atom. The van der Waals surface area contributed by atoms with Crippen LogP contribution in [-0.4, -0.2) is 37.6 Å². The van der Waals surface area contributed by atoms with Crippen LogP contribution in [0.5, 0.6) is 11.5 Å². The molecule has 0 unspecified atom stereocenters. The number of nitrogens with one attached hydrogen (secondary N) is 2. The van der Waals surface area contributed by atoms with Crippen LogP contribution in [0.25, 0.3) is 6.08 Å². The molecule has 0 fully saturated rings. The molecule has 3 aromatic carbocycles. The minimum atomic E-state index is -0.508. The van der Waals surface area contributed by atoms with Crippen molar-refractivity contribution in [2.24, 2.45) is 0 Å². The van der Waals surface area contributed by atoms with Crippen molar-refractivity contribution in [1.82, 2.24) is 5.32 Å². The number of ketones is 1. The Labute approximate surface area is 234 Å². The van der Waals surface area contributed by atoms with Gasteiger partial charge in [-0.3, -0.25) is 14.4 Å². The minimum Gasteiger partial charge on any atom is -0.493 e. The highest BCUT2D eigenvalue weighted by Crippen LogP contribution is 2.29. The van der Waals surface area contributed by atoms with Gasteiger partial charge >= 0.3 is 0 Å². The van der Waals surface area contributed by atoms with Crippen LogP contribution in [0.3, 0.4) is 0 Å². The molecule has 198 valence electrons. The fraction of sp³-hybridized carbons (Fsp3) is 0.100. The van der Waals surface area contributed by atoms with E-state index < -0.39 is 11.8 Å². The second-order valence-electron chi connectivity index (χ2n) is 8.16. The molecule has 0 aliphatic rings. The van der Waals surface area contributed by atoms with Crippen molar-refractivity contribution in [3.63, 3.8) is 0 Å². The van der Waals surface area contributed by atoms with Crippen LogP contribution in [0, 0.1) is 0 Å². The maximum absolute atomic E-state index is 13.4. The molecule has 39 heavy (non-hydrogen) atoms. The van der Waals surface area contributed by atoms with Crippen molar-refractivity contribution in [2.75, 3.05) is 25.3 Å². The molecule has 0 saturated heterocycles. The maximum atomic E-state index is 13.4. The van der Waals surface area contributed by atoms with E-state index in [4.69, 9.17) is 9.47 Å². The highest BCUT2D eigenvalue weighted by atomic mass is 32.2. The van der Waals surface area contributed by atoms with E-state index in [2.05, 4.69) is 10.6 Å². The lowest BCUT2D eigenvalue weighted by Crippen LogP contribution is -2.30. The Morgan fingerprint density at radius 2 is 1.67 bits per heavy atom. The van der Waals surface area contributed by atoms with Gasteiger partial charge in [0, 0.05) is 16.1 Å². The van der Waals surface area contributed by atoms with Crippen molar-refractivity contribution in [1.29, 1.82) is 0 Å². The standard InChI is InChI=1S/C30H26N2O5S2/c1-36-26-14-13-20(17-27(26)37-2)16-24(32-29(34)21-8-4-3-5-9-21)30(35)31-22-10-6-11-23(18-22)39-19-25(33)28-12-7-15-38-28/h3-18H,19H2,1-2H3,(H,31,35)(H,32,34)/b24-16-. The van der Waals surface area contributed by atoms with Gasteiger partial charge in [0.05, 0.1) is 24.8 Å². The summed E-state index contributed by atoms with van der Waals surface area (Å²) in [6.45, 7) is 0. The number of rotatable bonds is 11. The number of Topliss-reactive ketones (excluding diaryl/α,β-unsaturated/α-hetero) is 1. The van der Waals surface area contributed by atoms with E-state index in [1.807, 2.05) is 23.6 Å². The van der Waals surface area contributed by atoms with E-state index in [-0.39, 0.29) is 17.2 Å². The first-order valence-corrected chi connectivity index (χ1v) is 13.7. The molecule has 1 heterocycles. The van der Waals surface area contributed by atoms with Gasteiger partial charge in [0.15, 0.2) is 17.3 Å². The summed E-state index contributed by atoms with van der Waals surface area (Å²) in [6.07, 6.45) is 1.57. The average Bonchev–Trinajstić information content (AvgIpc) is 3.51. The lowest BCUT2D eigenvalue weighted by atomic mass is 10.1. The van der Waals surface area contributed by atoms with Gasteiger partial charge in [-0.25, -0.2) is 0 Å². The normalized spacial score (nSPS) is 11.0. The molecule has 0 aliphatic heterocycles. The zero-order valence-corrected chi connectivity index (χ0v) is 22.9. The Kier molecular flexibility index (Phi) is 9.55. The van der Waals surface area contributed by atoms with Crippen molar-refractivity contribution < 1.29 is 23.9 Å². The number of amides is 2. The number of thioether (sulfide) groups is 1. The molecule has 4 rings (SSSR count). The second-order valence-corrected chi connectivity index (χ2v) is 10.2. The Hall–Kier alpha value is -4.34. The quantitative estimate of drug-likeness (QED) is 0.130. The number of carbonyl (C=O) groups is 3. The van der Waals surface area contributed by atoms with E-state index in [1.54, 1.807) is 72.8 Å². The van der Waals surface area contributed by atoms with Gasteiger partial charge in [-0.15, -0.1) is 23.1 Å². The first kappa shape index (κ1) is 27.7. The number of hydrogen-bond acceptors (Lipinski definition) is 7. The van der Waals surface area contributed by atoms with E-state index in [0.29, 0.717) is 33.2 Å². The Balaban J connectivity index is 1.54. The molecule has 0 saturated carbocycles. The Bertz CT molecular complexity index is 1480. The lowest BCUT2D eigenvalue weighted by Gasteiger charge is -2.13. The molecule has 0 atom stereocenters. The third-order valence-corrected chi connectivity index (χ3v) is 7.41. The van der Waals surface area contributed by atoms with Crippen LogP contribution >= 0.6 is 23.1 Å². The van der Waals surface area contributed by atoms with Gasteiger partial charge in [0.2, 0.25) is 0 Å². The smallest absolute Gasteiger partial charge is 0.272 e. The van der Waals surface area contributed by atoms with Crippen molar-refractivity contribution in [2.45, 2.75) is 4.90 Å². The van der Waals surface area contributed by atoms with Gasteiger partial charge in [-0.2, -0.15) is 0 Å². The molecule has 0 radical (unpaired) electrons. The summed E-state index contributed by atoms with van der Waals surface area (Å²) in [5.74, 6) is 0.436. The van der Waals surface area contributed by atoms with Gasteiger partial charge in [-0.05, 0) is 65.6 Å². The molecule has 0 bridgehead atoms. The maximum Gasteiger partial charge on any atom is 0.272 e. The van der Waals surface area contributed by atoms with Crippen molar-refractivity contribution in [3.05, 3.63) is 112 Å². The first-order valence-electron chi connectivity index (χ1n) is 11.9. The van der Waals surface area contributed by atoms with Crippen LogP contribution in [0.1, 0.15) is 25.6 Å². The predicted octanol–water partition coefficient (Wildman–Crippen LogP) is 6.15. The number of thiophene rings is 1. The zero-order valence-electron chi connectivity index (χ0n) is 21.3. The van der Waals surface area contributed by atoms with Crippen molar-refractivity contribution in [3.8, 4) is 11.5 Å². The molecule has 0 spiro atoms. The highest BCUT2D eigenvalue weighted by Gasteiger charge is 2.16. The van der Waals surface area contributed by atoms with Crippen LogP contribution in [0.15, 0.2) is 101 Å². The molecule has 2 amide bonds. The van der Waals surface area contributed by atoms with Crippen LogP contribution < -0.4 is 20.1 Å². The summed E-state index contributed by atoms with van der Waals surface area (Å²) < 4.78 is 10.7. The summed E-state index contributed by atoms with van der Waals surface area (Å²) in [5, 5.41) is 7.45. The molecule has 2 N–H and O–H groups in total. The van der Waals surface area contributed by atoms with Crippen LogP contribution in [-0.2, 0) is 4.79 Å². The summed E-state index contributed by atoms with van der Waals surface area (Å²) in [4.78, 5) is 40.2. The van der Waals surface area contributed by atoms with Gasteiger partial charge in [-0.1, -0.05) is 36.4 Å². The van der Waals surface area contributed by atoms with Crippen LogP contribution in [0.2, 0.25) is 0 Å². The number of ether oxygens (including phenoxy) is 2. The van der Waals surface area contributed by atoms with Gasteiger partial charge in [0.25, 0.3) is 11.8 Å². The van der Waals surface area contributed by atoms with E-state index in [0.717, 1.165) is 4.90 Å². The molecule has 7 nitrogen and oxygen atoms in total. The minimum absolute atomic E-state index is 0.0435. The largest absolute Gasteiger partial charge is 0.493 e. The molecule has 1 aromatic heterocycles. The summed E-state index contributed by atoms with van der Waals surface area (Å²) in [5.41, 5.74) is 1.61. The first-order chi connectivity index (χ1) is 19.0. The summed E-state index contributed by atoms with van der Waals surface area (Å²) in [6, 6.07) is 24.7. The topological polar surface area (TPSA) is 93.7 Å². The third kappa shape index (κ3) is 7.59. The van der Waals surface area contributed by atoms with Crippen LogP contribution in [0.4, 0.5) is 5.69 Å². The average molecular weight is 559 g/mol. The molecule has 9 heteroatoms. The number of hydrogen-bond donors (Lipinski definition) is 2. The molecule has 4 aromatic rings. The molecular formula is C30H26N2O5S2. The number of methoxy groups -OCH3 is 2. The fourth-order valence-corrected chi connectivity index (χ4v) is 5.17.